The molecule has 1 N–H and O–H groups in total. The van der Waals surface area contributed by atoms with Gasteiger partial charge in [0.15, 0.2) is 0 Å². The first-order chi connectivity index (χ1) is 11.0. The Labute approximate surface area is 141 Å². The minimum Gasteiger partial charge on any atom is -0.354 e. The molecule has 0 aromatic heterocycles. The largest absolute Gasteiger partial charge is 0.354 e. The van der Waals surface area contributed by atoms with Gasteiger partial charge in [0.2, 0.25) is 5.91 Å². The van der Waals surface area contributed by atoms with Crippen molar-refractivity contribution in [1.82, 2.24) is 10.2 Å². The molecule has 5 saturated carbocycles. The first-order valence-corrected chi connectivity index (χ1v) is 9.97. The highest BCUT2D eigenvalue weighted by molar-refractivity contribution is 5.83. The molecule has 23 heavy (non-hydrogen) atoms. The van der Waals surface area contributed by atoms with E-state index >= 15 is 0 Å². The Hall–Kier alpha value is -0.570. The molecule has 3 heteroatoms. The van der Waals surface area contributed by atoms with Crippen LogP contribution in [0.1, 0.15) is 70.6 Å². The number of hydrogen-bond acceptors (Lipinski definition) is 2. The third kappa shape index (κ3) is 2.73. The Morgan fingerprint density at radius 2 is 1.48 bits per heavy atom. The summed E-state index contributed by atoms with van der Waals surface area (Å²) in [5.74, 6) is 2.96. The van der Waals surface area contributed by atoms with E-state index < -0.39 is 0 Å². The second-order valence-corrected chi connectivity index (χ2v) is 9.56. The third-order valence-corrected chi connectivity index (χ3v) is 7.83. The van der Waals surface area contributed by atoms with E-state index in [4.69, 9.17) is 0 Å². The summed E-state index contributed by atoms with van der Waals surface area (Å²) in [7, 11) is 4.39. The SMILES string of the molecule is CN(C)C1(CNC(=O)C23CC4CC(CC(C4)C2)C3)CCCCC1. The zero-order valence-corrected chi connectivity index (χ0v) is 15.1. The molecular formula is C20H34N2O. The van der Waals surface area contributed by atoms with Crippen LogP contribution in [0.4, 0.5) is 0 Å². The molecule has 5 rings (SSSR count). The summed E-state index contributed by atoms with van der Waals surface area (Å²) in [6.07, 6.45) is 14.2. The molecule has 5 aliphatic carbocycles. The van der Waals surface area contributed by atoms with Gasteiger partial charge < -0.3 is 10.2 Å². The molecule has 0 saturated heterocycles. The molecule has 0 aromatic rings. The monoisotopic (exact) mass is 318 g/mol. The van der Waals surface area contributed by atoms with Gasteiger partial charge in [0, 0.05) is 17.5 Å². The lowest BCUT2D eigenvalue weighted by Crippen LogP contribution is -2.58. The number of hydrogen-bond donors (Lipinski definition) is 1. The average molecular weight is 319 g/mol. The Morgan fingerprint density at radius 3 is 1.96 bits per heavy atom. The molecule has 4 bridgehead atoms. The van der Waals surface area contributed by atoms with E-state index in [1.807, 2.05) is 0 Å². The van der Waals surface area contributed by atoms with Crippen molar-refractivity contribution >= 4 is 5.91 Å². The Bertz CT molecular complexity index is 429. The molecule has 3 nitrogen and oxygen atoms in total. The number of carbonyl (C=O) groups is 1. The fourth-order valence-electron chi connectivity index (χ4n) is 6.81. The van der Waals surface area contributed by atoms with Crippen molar-refractivity contribution < 1.29 is 4.79 Å². The van der Waals surface area contributed by atoms with Crippen molar-refractivity contribution in [2.75, 3.05) is 20.6 Å². The zero-order valence-electron chi connectivity index (χ0n) is 15.1. The normalized spacial score (nSPS) is 41.3. The van der Waals surface area contributed by atoms with Crippen LogP contribution in [0, 0.1) is 23.2 Å². The minimum absolute atomic E-state index is 0.0108. The number of nitrogens with zero attached hydrogens (tertiary/aromatic N) is 1. The molecule has 0 spiro atoms. The average Bonchev–Trinajstić information content (AvgIpc) is 2.52. The van der Waals surface area contributed by atoms with E-state index in [9.17, 15) is 4.79 Å². The number of amides is 1. The predicted octanol–water partition coefficient (Wildman–Crippen LogP) is 3.58. The number of likely N-dealkylation sites (N-methyl/N-ethyl adjacent to an activating group) is 1. The van der Waals surface area contributed by atoms with Crippen LogP contribution >= 0.6 is 0 Å². The van der Waals surface area contributed by atoms with E-state index in [0.29, 0.717) is 5.91 Å². The number of nitrogens with one attached hydrogen (secondary N) is 1. The number of carbonyl (C=O) groups excluding carboxylic acids is 1. The smallest absolute Gasteiger partial charge is 0.226 e. The summed E-state index contributed by atoms with van der Waals surface area (Å²) in [5.41, 5.74) is 0.215. The lowest BCUT2D eigenvalue weighted by molar-refractivity contribution is -0.147. The Kier molecular flexibility index (Phi) is 3.98. The van der Waals surface area contributed by atoms with Crippen molar-refractivity contribution in [3.05, 3.63) is 0 Å². The van der Waals surface area contributed by atoms with Gasteiger partial charge in [-0.3, -0.25) is 4.79 Å². The fraction of sp³-hybridized carbons (Fsp3) is 0.950. The van der Waals surface area contributed by atoms with Crippen LogP contribution in [-0.4, -0.2) is 37.0 Å². The van der Waals surface area contributed by atoms with E-state index in [1.54, 1.807) is 0 Å². The fourth-order valence-corrected chi connectivity index (χ4v) is 6.81. The van der Waals surface area contributed by atoms with Crippen LogP contribution in [0.5, 0.6) is 0 Å². The van der Waals surface area contributed by atoms with Crippen LogP contribution in [-0.2, 0) is 4.79 Å². The molecule has 0 atom stereocenters. The van der Waals surface area contributed by atoms with Crippen LogP contribution in [0.15, 0.2) is 0 Å². The van der Waals surface area contributed by atoms with Crippen molar-refractivity contribution in [2.45, 2.75) is 76.2 Å². The van der Waals surface area contributed by atoms with Gasteiger partial charge in [-0.1, -0.05) is 19.3 Å². The van der Waals surface area contributed by atoms with Crippen LogP contribution in [0.25, 0.3) is 0 Å². The molecule has 0 heterocycles. The summed E-state index contributed by atoms with van der Waals surface area (Å²) in [5, 5.41) is 3.45. The van der Waals surface area contributed by atoms with Gasteiger partial charge in [-0.05, 0) is 83.2 Å². The summed E-state index contributed by atoms with van der Waals surface area (Å²) in [6.45, 7) is 0.862. The molecule has 5 fully saturated rings. The topological polar surface area (TPSA) is 32.3 Å². The van der Waals surface area contributed by atoms with Gasteiger partial charge in [-0.2, -0.15) is 0 Å². The van der Waals surface area contributed by atoms with Crippen LogP contribution in [0.3, 0.4) is 0 Å². The molecular weight excluding hydrogens is 284 g/mol. The minimum atomic E-state index is 0.0108. The molecule has 5 aliphatic rings. The van der Waals surface area contributed by atoms with E-state index in [1.165, 1.54) is 70.6 Å². The van der Waals surface area contributed by atoms with E-state index in [0.717, 1.165) is 24.3 Å². The van der Waals surface area contributed by atoms with Crippen molar-refractivity contribution in [1.29, 1.82) is 0 Å². The summed E-state index contributed by atoms with van der Waals surface area (Å²) < 4.78 is 0. The molecule has 0 aliphatic heterocycles. The summed E-state index contributed by atoms with van der Waals surface area (Å²) >= 11 is 0. The maximum Gasteiger partial charge on any atom is 0.226 e. The van der Waals surface area contributed by atoms with Gasteiger partial charge in [-0.25, -0.2) is 0 Å². The van der Waals surface area contributed by atoms with E-state index in [2.05, 4.69) is 24.3 Å². The van der Waals surface area contributed by atoms with Crippen LogP contribution < -0.4 is 5.32 Å². The molecule has 0 aromatic carbocycles. The molecule has 130 valence electrons. The van der Waals surface area contributed by atoms with Gasteiger partial charge in [0.05, 0.1) is 0 Å². The predicted molar refractivity (Wildman–Crippen MR) is 93.1 cm³/mol. The summed E-state index contributed by atoms with van der Waals surface area (Å²) in [6, 6.07) is 0. The van der Waals surface area contributed by atoms with Crippen molar-refractivity contribution in [3.8, 4) is 0 Å². The highest BCUT2D eigenvalue weighted by Crippen LogP contribution is 2.60. The van der Waals surface area contributed by atoms with Crippen molar-refractivity contribution in [2.24, 2.45) is 23.2 Å². The summed E-state index contributed by atoms with van der Waals surface area (Å²) in [4.78, 5) is 15.6. The molecule has 1 amide bonds. The van der Waals surface area contributed by atoms with Crippen LogP contribution in [0.2, 0.25) is 0 Å². The molecule has 0 radical (unpaired) electrons. The van der Waals surface area contributed by atoms with Gasteiger partial charge in [0.1, 0.15) is 0 Å². The lowest BCUT2D eigenvalue weighted by Gasteiger charge is -2.56. The molecule has 0 unspecified atom stereocenters. The maximum absolute atomic E-state index is 13.2. The number of rotatable bonds is 4. The third-order valence-electron chi connectivity index (χ3n) is 7.83. The quantitative estimate of drug-likeness (QED) is 0.859. The standard InChI is InChI=1S/C20H34N2O/c1-22(2)20(6-4-3-5-7-20)14-21-18(23)19-11-15-8-16(12-19)10-17(9-15)13-19/h15-17H,3-14H2,1-2H3,(H,21,23). The van der Waals surface area contributed by atoms with Gasteiger partial charge in [0.25, 0.3) is 0 Å². The maximum atomic E-state index is 13.2. The Balaban J connectivity index is 1.43. The van der Waals surface area contributed by atoms with Gasteiger partial charge in [-0.15, -0.1) is 0 Å². The first-order valence-electron chi connectivity index (χ1n) is 9.97. The second kappa shape index (κ2) is 5.75. The Morgan fingerprint density at radius 1 is 0.957 bits per heavy atom. The highest BCUT2D eigenvalue weighted by Gasteiger charge is 2.54. The zero-order chi connectivity index (χ0) is 16.1. The first kappa shape index (κ1) is 15.9. The van der Waals surface area contributed by atoms with Gasteiger partial charge >= 0.3 is 0 Å². The van der Waals surface area contributed by atoms with Crippen molar-refractivity contribution in [3.63, 3.8) is 0 Å². The van der Waals surface area contributed by atoms with E-state index in [-0.39, 0.29) is 11.0 Å². The lowest BCUT2D eigenvalue weighted by atomic mass is 9.49. The highest BCUT2D eigenvalue weighted by atomic mass is 16.2. The second-order valence-electron chi connectivity index (χ2n) is 9.56.